The van der Waals surface area contributed by atoms with Crippen molar-refractivity contribution in [3.8, 4) is 0 Å². The van der Waals surface area contributed by atoms with Crippen molar-refractivity contribution < 1.29 is 9.32 Å². The normalized spacial score (nSPS) is 15.4. The van der Waals surface area contributed by atoms with Crippen molar-refractivity contribution in [3.05, 3.63) is 73.6 Å². The van der Waals surface area contributed by atoms with E-state index in [2.05, 4.69) is 36.9 Å². The number of hydrogen-bond acceptors (Lipinski definition) is 3. The summed E-state index contributed by atoms with van der Waals surface area (Å²) in [5.74, 6) is 0. The van der Waals surface area contributed by atoms with Gasteiger partial charge in [0, 0.05) is 10.7 Å². The predicted octanol–water partition coefficient (Wildman–Crippen LogP) is 3.62. The summed E-state index contributed by atoms with van der Waals surface area (Å²) in [7, 11) is 0. The largest absolute Gasteiger partial charge is 0.462 e. The van der Waals surface area contributed by atoms with Crippen LogP contribution in [0.3, 0.4) is 0 Å². The standard InChI is InChI=1S/C22H22Cl2N2O2/c1-14-3-4-15(2)20(9-14)26-7-5-25(6-8-26)12-16-13-28-22-18(21(16)27)10-17(23)11-19(22)24/h3-4,9-11,13H,5-8,12H2,1-2H3/p+1. The molecule has 1 aromatic heterocycles. The fourth-order valence-electron chi connectivity index (χ4n) is 3.90. The number of aryl methyl sites for hydroxylation is 2. The molecule has 4 rings (SSSR count). The van der Waals surface area contributed by atoms with Crippen LogP contribution < -0.4 is 15.2 Å². The molecule has 1 fully saturated rings. The highest BCUT2D eigenvalue weighted by Crippen LogP contribution is 2.26. The van der Waals surface area contributed by atoms with E-state index in [1.54, 1.807) is 18.4 Å². The number of fused-ring (bicyclic) bond motifs is 1. The van der Waals surface area contributed by atoms with Gasteiger partial charge in [0.25, 0.3) is 0 Å². The lowest BCUT2D eigenvalue weighted by molar-refractivity contribution is -0.914. The zero-order chi connectivity index (χ0) is 19.8. The van der Waals surface area contributed by atoms with Crippen LogP contribution in [0, 0.1) is 13.8 Å². The van der Waals surface area contributed by atoms with Gasteiger partial charge < -0.3 is 14.2 Å². The van der Waals surface area contributed by atoms with Crippen LogP contribution in [0.25, 0.3) is 11.0 Å². The van der Waals surface area contributed by atoms with Gasteiger partial charge in [0.2, 0.25) is 5.43 Å². The molecular formula is C22H23Cl2N2O2+. The maximum Gasteiger partial charge on any atom is 0.201 e. The number of hydrogen-bond donors (Lipinski definition) is 1. The van der Waals surface area contributed by atoms with Crippen molar-refractivity contribution in [1.29, 1.82) is 0 Å². The van der Waals surface area contributed by atoms with E-state index in [1.807, 2.05) is 0 Å². The molecule has 3 aromatic rings. The fraction of sp³-hybridized carbons (Fsp3) is 0.318. The van der Waals surface area contributed by atoms with Crippen LogP contribution in [0.1, 0.15) is 16.7 Å². The Hall–Kier alpha value is -2.01. The molecule has 1 saturated heterocycles. The molecule has 0 atom stereocenters. The molecule has 1 N–H and O–H groups in total. The first kappa shape index (κ1) is 19.3. The summed E-state index contributed by atoms with van der Waals surface area (Å²) in [6.07, 6.45) is 1.55. The SMILES string of the molecule is Cc1ccc(C)c(N2CC[NH+](Cc3coc4c(Cl)cc(Cl)cc4c3=O)CC2)c1. The van der Waals surface area contributed by atoms with Crippen LogP contribution in [0.4, 0.5) is 5.69 Å². The van der Waals surface area contributed by atoms with Crippen LogP contribution in [-0.4, -0.2) is 26.2 Å². The lowest BCUT2D eigenvalue weighted by Crippen LogP contribution is -3.13. The van der Waals surface area contributed by atoms with Gasteiger partial charge in [-0.25, -0.2) is 0 Å². The Balaban J connectivity index is 1.50. The van der Waals surface area contributed by atoms with Gasteiger partial charge in [-0.2, -0.15) is 0 Å². The fourth-order valence-corrected chi connectivity index (χ4v) is 4.44. The Morgan fingerprint density at radius 1 is 1.11 bits per heavy atom. The van der Waals surface area contributed by atoms with Gasteiger partial charge in [0.05, 0.1) is 42.2 Å². The summed E-state index contributed by atoms with van der Waals surface area (Å²) in [4.78, 5) is 16.7. The van der Waals surface area contributed by atoms with E-state index >= 15 is 0 Å². The number of rotatable bonds is 3. The summed E-state index contributed by atoms with van der Waals surface area (Å²) >= 11 is 12.2. The lowest BCUT2D eigenvalue weighted by Gasteiger charge is -2.34. The zero-order valence-corrected chi connectivity index (χ0v) is 17.5. The molecule has 28 heavy (non-hydrogen) atoms. The highest BCUT2D eigenvalue weighted by Gasteiger charge is 2.23. The smallest absolute Gasteiger partial charge is 0.201 e. The number of quaternary nitrogens is 1. The van der Waals surface area contributed by atoms with E-state index < -0.39 is 0 Å². The molecular weight excluding hydrogens is 395 g/mol. The average Bonchev–Trinajstić information content (AvgIpc) is 2.67. The number of nitrogens with one attached hydrogen (secondary N) is 1. The van der Waals surface area contributed by atoms with Crippen molar-refractivity contribution in [2.75, 3.05) is 31.1 Å². The number of halogens is 2. The molecule has 0 aliphatic carbocycles. The maximum absolute atomic E-state index is 12.9. The molecule has 4 nitrogen and oxygen atoms in total. The first-order valence-corrected chi connectivity index (χ1v) is 10.2. The molecule has 1 aliphatic rings. The van der Waals surface area contributed by atoms with Crippen LogP contribution in [0.5, 0.6) is 0 Å². The monoisotopic (exact) mass is 417 g/mol. The Morgan fingerprint density at radius 2 is 1.86 bits per heavy atom. The molecule has 0 spiro atoms. The highest BCUT2D eigenvalue weighted by molar-refractivity contribution is 6.38. The Kier molecular flexibility index (Phi) is 5.37. The minimum Gasteiger partial charge on any atom is -0.462 e. The molecule has 2 heterocycles. The molecule has 0 unspecified atom stereocenters. The Labute approximate surface area is 174 Å². The van der Waals surface area contributed by atoms with Crippen LogP contribution in [0.15, 0.2) is 45.8 Å². The second-order valence-electron chi connectivity index (χ2n) is 7.56. The molecule has 0 bridgehead atoms. The molecule has 2 aromatic carbocycles. The van der Waals surface area contributed by atoms with Crippen molar-refractivity contribution in [1.82, 2.24) is 0 Å². The third-order valence-corrected chi connectivity index (χ3v) is 5.98. The van der Waals surface area contributed by atoms with E-state index in [-0.39, 0.29) is 5.43 Å². The van der Waals surface area contributed by atoms with Crippen molar-refractivity contribution >= 4 is 39.9 Å². The van der Waals surface area contributed by atoms with Crippen molar-refractivity contribution in [3.63, 3.8) is 0 Å². The van der Waals surface area contributed by atoms with E-state index in [0.29, 0.717) is 33.1 Å². The van der Waals surface area contributed by atoms with E-state index in [1.165, 1.54) is 21.7 Å². The van der Waals surface area contributed by atoms with Gasteiger partial charge in [-0.05, 0) is 43.2 Å². The number of anilines is 1. The van der Waals surface area contributed by atoms with Gasteiger partial charge >= 0.3 is 0 Å². The summed E-state index contributed by atoms with van der Waals surface area (Å²) in [6, 6.07) is 9.81. The topological polar surface area (TPSA) is 37.9 Å². The third kappa shape index (κ3) is 3.77. The highest BCUT2D eigenvalue weighted by atomic mass is 35.5. The van der Waals surface area contributed by atoms with E-state index in [4.69, 9.17) is 27.6 Å². The number of piperazine rings is 1. The van der Waals surface area contributed by atoms with Crippen LogP contribution in [0.2, 0.25) is 10.0 Å². The Bertz CT molecular complexity index is 1090. The third-order valence-electron chi connectivity index (χ3n) is 5.48. The van der Waals surface area contributed by atoms with Crippen molar-refractivity contribution in [2.45, 2.75) is 20.4 Å². The molecule has 0 amide bonds. The van der Waals surface area contributed by atoms with Gasteiger partial charge in [-0.3, -0.25) is 4.79 Å². The predicted molar refractivity (Wildman–Crippen MR) is 115 cm³/mol. The van der Waals surface area contributed by atoms with E-state index in [0.717, 1.165) is 26.2 Å². The van der Waals surface area contributed by atoms with Crippen LogP contribution >= 0.6 is 23.2 Å². The van der Waals surface area contributed by atoms with Gasteiger partial charge in [0.1, 0.15) is 12.8 Å². The number of nitrogens with zero attached hydrogens (tertiary/aromatic N) is 1. The maximum atomic E-state index is 12.9. The van der Waals surface area contributed by atoms with Crippen molar-refractivity contribution in [2.24, 2.45) is 0 Å². The molecule has 1 aliphatic heterocycles. The summed E-state index contributed by atoms with van der Waals surface area (Å²) in [5, 5.41) is 1.25. The van der Waals surface area contributed by atoms with Gasteiger partial charge in [-0.1, -0.05) is 35.3 Å². The average molecular weight is 418 g/mol. The van der Waals surface area contributed by atoms with Gasteiger partial charge in [0.15, 0.2) is 5.58 Å². The Morgan fingerprint density at radius 3 is 2.61 bits per heavy atom. The summed E-state index contributed by atoms with van der Waals surface area (Å²) < 4.78 is 5.66. The van der Waals surface area contributed by atoms with E-state index in [9.17, 15) is 4.79 Å². The molecule has 6 heteroatoms. The lowest BCUT2D eigenvalue weighted by atomic mass is 10.1. The second-order valence-corrected chi connectivity index (χ2v) is 8.40. The summed E-state index contributed by atoms with van der Waals surface area (Å²) in [6.45, 7) is 8.81. The molecule has 146 valence electrons. The minimum absolute atomic E-state index is 0.0462. The number of benzene rings is 2. The second kappa shape index (κ2) is 7.78. The van der Waals surface area contributed by atoms with Crippen LogP contribution in [-0.2, 0) is 6.54 Å². The molecule has 0 saturated carbocycles. The summed E-state index contributed by atoms with van der Waals surface area (Å²) in [5.41, 5.74) is 4.92. The quantitative estimate of drug-likeness (QED) is 0.706. The van der Waals surface area contributed by atoms with Gasteiger partial charge in [-0.15, -0.1) is 0 Å². The first-order chi connectivity index (χ1) is 13.4. The first-order valence-electron chi connectivity index (χ1n) is 9.47. The minimum atomic E-state index is -0.0462. The molecule has 0 radical (unpaired) electrons. The zero-order valence-electron chi connectivity index (χ0n) is 16.0.